The first-order valence-corrected chi connectivity index (χ1v) is 12.1. The highest BCUT2D eigenvalue weighted by molar-refractivity contribution is 8.13. The largest absolute Gasteiger partial charge is 0.379 e. The molecule has 0 fully saturated rings. The molecule has 4 aromatic rings. The number of aryl methyl sites for hydroxylation is 3. The van der Waals surface area contributed by atoms with Gasteiger partial charge in [0, 0.05) is 57.6 Å². The van der Waals surface area contributed by atoms with E-state index in [1.807, 2.05) is 44.3 Å². The maximum Gasteiger partial charge on any atom is 0.259 e. The smallest absolute Gasteiger partial charge is 0.259 e. The third-order valence-electron chi connectivity index (χ3n) is 6.14. The predicted octanol–water partition coefficient (Wildman–Crippen LogP) is 4.32. The SMILES string of the molecule is Cc1ccc2[nH]cc(C3=C(c4cn(CCCSC(=N)N)c5ccc(C)cc45)C(=O)NC3=O)c2c1. The maximum absolute atomic E-state index is 13.1. The normalized spacial score (nSPS) is 13.9. The van der Waals surface area contributed by atoms with Crippen LogP contribution >= 0.6 is 11.8 Å². The molecule has 2 aromatic carbocycles. The minimum absolute atomic E-state index is 0.110. The molecule has 2 aromatic heterocycles. The highest BCUT2D eigenvalue weighted by atomic mass is 32.2. The third-order valence-corrected chi connectivity index (χ3v) is 6.95. The van der Waals surface area contributed by atoms with Gasteiger partial charge in [0.2, 0.25) is 0 Å². The van der Waals surface area contributed by atoms with E-state index in [-0.39, 0.29) is 17.0 Å². The summed E-state index contributed by atoms with van der Waals surface area (Å²) in [7, 11) is 0. The Hall–Kier alpha value is -3.78. The summed E-state index contributed by atoms with van der Waals surface area (Å²) in [5.74, 6) is -0.0267. The fourth-order valence-corrected chi connectivity index (χ4v) is 5.12. The molecule has 0 radical (unpaired) electrons. The number of thioether (sulfide) groups is 1. The molecule has 7 nitrogen and oxygen atoms in total. The van der Waals surface area contributed by atoms with Crippen LogP contribution in [0.3, 0.4) is 0 Å². The van der Waals surface area contributed by atoms with Crippen molar-refractivity contribution in [3.8, 4) is 0 Å². The van der Waals surface area contributed by atoms with Crippen molar-refractivity contribution in [3.63, 3.8) is 0 Å². The lowest BCUT2D eigenvalue weighted by Crippen LogP contribution is -2.22. The Labute approximate surface area is 200 Å². The van der Waals surface area contributed by atoms with Gasteiger partial charge in [0.05, 0.1) is 11.1 Å². The van der Waals surface area contributed by atoms with Gasteiger partial charge in [0.15, 0.2) is 5.17 Å². The molecule has 0 atom stereocenters. The fourth-order valence-electron chi connectivity index (χ4n) is 4.62. The van der Waals surface area contributed by atoms with Crippen molar-refractivity contribution in [2.24, 2.45) is 5.73 Å². The van der Waals surface area contributed by atoms with Crippen molar-refractivity contribution in [1.29, 1.82) is 5.41 Å². The number of imide groups is 1. The summed E-state index contributed by atoms with van der Waals surface area (Å²) in [6.45, 7) is 4.73. The van der Waals surface area contributed by atoms with Gasteiger partial charge in [-0.1, -0.05) is 35.0 Å². The van der Waals surface area contributed by atoms with Gasteiger partial charge in [0.1, 0.15) is 0 Å². The minimum Gasteiger partial charge on any atom is -0.379 e. The minimum atomic E-state index is -0.381. The molecule has 8 heteroatoms. The topological polar surface area (TPSA) is 117 Å². The van der Waals surface area contributed by atoms with Crippen molar-refractivity contribution < 1.29 is 9.59 Å². The van der Waals surface area contributed by atoms with Crippen LogP contribution < -0.4 is 11.1 Å². The molecule has 2 amide bonds. The molecule has 0 saturated heterocycles. The summed E-state index contributed by atoms with van der Waals surface area (Å²) >= 11 is 1.32. The lowest BCUT2D eigenvalue weighted by Gasteiger charge is -2.05. The molecule has 5 N–H and O–H groups in total. The van der Waals surface area contributed by atoms with Gasteiger partial charge >= 0.3 is 0 Å². The zero-order valence-electron chi connectivity index (χ0n) is 19.0. The number of hydrogen-bond donors (Lipinski definition) is 4. The third kappa shape index (κ3) is 3.80. The number of amidine groups is 1. The molecular weight excluding hydrogens is 446 g/mol. The quantitative estimate of drug-likeness (QED) is 0.145. The molecule has 1 aliphatic heterocycles. The number of fused-ring (bicyclic) bond motifs is 2. The lowest BCUT2D eigenvalue weighted by molar-refractivity contribution is -0.122. The molecule has 172 valence electrons. The summed E-state index contributed by atoms with van der Waals surface area (Å²) in [5, 5.41) is 11.9. The average Bonchev–Trinajstić information content (AvgIpc) is 3.43. The van der Waals surface area contributed by atoms with Crippen LogP contribution in [0.5, 0.6) is 0 Å². The molecule has 0 bridgehead atoms. The standard InChI is InChI=1S/C26H25N5O2S/c1-14-4-6-20-16(10-14)18(12-29-20)22-23(25(33)30-24(22)32)19-13-31(8-3-9-34-26(27)28)21-7-5-15(2)11-17(19)21/h4-7,10-13,29H,3,8-9H2,1-2H3,(H3,27,28)(H,30,32,33). The number of H-pyrrole nitrogens is 1. The lowest BCUT2D eigenvalue weighted by atomic mass is 9.95. The van der Waals surface area contributed by atoms with Crippen molar-refractivity contribution in [2.45, 2.75) is 26.8 Å². The fraction of sp³-hybridized carbons (Fsp3) is 0.192. The second kappa shape index (κ2) is 8.53. The van der Waals surface area contributed by atoms with Crippen molar-refractivity contribution >= 4 is 61.7 Å². The van der Waals surface area contributed by atoms with E-state index in [1.165, 1.54) is 11.8 Å². The van der Waals surface area contributed by atoms with E-state index in [2.05, 4.69) is 27.0 Å². The maximum atomic E-state index is 13.1. The van der Waals surface area contributed by atoms with Crippen LogP contribution in [-0.4, -0.2) is 32.3 Å². The molecule has 34 heavy (non-hydrogen) atoms. The van der Waals surface area contributed by atoms with E-state index in [1.54, 1.807) is 6.20 Å². The molecule has 0 aliphatic carbocycles. The van der Waals surface area contributed by atoms with E-state index in [0.29, 0.717) is 17.7 Å². The van der Waals surface area contributed by atoms with Gasteiger partial charge in [0.25, 0.3) is 11.8 Å². The number of rotatable bonds is 6. The summed E-state index contributed by atoms with van der Waals surface area (Å²) in [5.41, 5.74) is 11.8. The van der Waals surface area contributed by atoms with E-state index in [0.717, 1.165) is 56.2 Å². The number of carbonyl (C=O) groups is 2. The van der Waals surface area contributed by atoms with Gasteiger partial charge in [-0.25, -0.2) is 0 Å². The number of nitrogens with two attached hydrogens (primary N) is 1. The van der Waals surface area contributed by atoms with Crippen LogP contribution in [0.25, 0.3) is 33.0 Å². The first-order chi connectivity index (χ1) is 16.3. The van der Waals surface area contributed by atoms with Crippen molar-refractivity contribution in [1.82, 2.24) is 14.9 Å². The Morgan fingerprint density at radius 2 is 1.68 bits per heavy atom. The van der Waals surface area contributed by atoms with Gasteiger partial charge in [-0.2, -0.15) is 0 Å². The number of benzene rings is 2. The van der Waals surface area contributed by atoms with E-state index >= 15 is 0 Å². The molecule has 0 spiro atoms. The number of aromatic nitrogens is 2. The molecular formula is C26H25N5O2S. The average molecular weight is 472 g/mol. The number of nitrogens with one attached hydrogen (secondary N) is 3. The van der Waals surface area contributed by atoms with E-state index in [9.17, 15) is 9.59 Å². The Morgan fingerprint density at radius 3 is 2.41 bits per heavy atom. The van der Waals surface area contributed by atoms with Crippen molar-refractivity contribution in [3.05, 3.63) is 71.0 Å². The monoisotopic (exact) mass is 471 g/mol. The summed E-state index contributed by atoms with van der Waals surface area (Å²) in [6, 6.07) is 12.2. The Kier molecular flexibility index (Phi) is 5.53. The van der Waals surface area contributed by atoms with Crippen molar-refractivity contribution in [2.75, 3.05) is 5.75 Å². The van der Waals surface area contributed by atoms with Crippen LogP contribution in [0.15, 0.2) is 48.8 Å². The van der Waals surface area contributed by atoms with Gasteiger partial charge in [-0.3, -0.25) is 20.3 Å². The summed E-state index contributed by atoms with van der Waals surface area (Å²) < 4.78 is 2.12. The van der Waals surface area contributed by atoms with Crippen LogP contribution in [-0.2, 0) is 16.1 Å². The molecule has 0 unspecified atom stereocenters. The molecule has 3 heterocycles. The van der Waals surface area contributed by atoms with E-state index < -0.39 is 0 Å². The second-order valence-corrected chi connectivity index (χ2v) is 9.74. The van der Waals surface area contributed by atoms with Gasteiger partial charge < -0.3 is 15.3 Å². The Morgan fingerprint density at radius 1 is 1.00 bits per heavy atom. The number of carbonyl (C=O) groups excluding carboxylic acids is 2. The van der Waals surface area contributed by atoms with E-state index in [4.69, 9.17) is 11.1 Å². The first-order valence-electron chi connectivity index (χ1n) is 11.1. The van der Waals surface area contributed by atoms with Crippen LogP contribution in [0.1, 0.15) is 28.7 Å². The summed E-state index contributed by atoms with van der Waals surface area (Å²) in [6.07, 6.45) is 4.59. The highest BCUT2D eigenvalue weighted by Crippen LogP contribution is 2.38. The molecule has 5 rings (SSSR count). The number of hydrogen-bond acceptors (Lipinski definition) is 4. The van der Waals surface area contributed by atoms with Crippen LogP contribution in [0.2, 0.25) is 0 Å². The zero-order chi connectivity index (χ0) is 24.0. The second-order valence-electron chi connectivity index (χ2n) is 8.61. The van der Waals surface area contributed by atoms with Crippen LogP contribution in [0.4, 0.5) is 0 Å². The van der Waals surface area contributed by atoms with Crippen LogP contribution in [0, 0.1) is 19.3 Å². The Bertz CT molecular complexity index is 1530. The molecule has 0 saturated carbocycles. The molecule has 1 aliphatic rings. The highest BCUT2D eigenvalue weighted by Gasteiger charge is 2.35. The number of aromatic amines is 1. The first kappa shape index (κ1) is 22.0. The Balaban J connectivity index is 1.68. The van der Waals surface area contributed by atoms with Gasteiger partial charge in [-0.05, 0) is 44.5 Å². The zero-order valence-corrected chi connectivity index (χ0v) is 19.8. The number of nitrogens with zero attached hydrogens (tertiary/aromatic N) is 1. The number of amides is 2. The summed E-state index contributed by atoms with van der Waals surface area (Å²) in [4.78, 5) is 29.4. The predicted molar refractivity (Wildman–Crippen MR) is 139 cm³/mol. The van der Waals surface area contributed by atoms with Gasteiger partial charge in [-0.15, -0.1) is 0 Å².